The number of hydrogen-bond donors (Lipinski definition) is 1. The van der Waals surface area contributed by atoms with Crippen molar-refractivity contribution >= 4 is 11.8 Å². The van der Waals surface area contributed by atoms with E-state index in [1.807, 2.05) is 39.0 Å². The Morgan fingerprint density at radius 2 is 2.11 bits per heavy atom. The summed E-state index contributed by atoms with van der Waals surface area (Å²) >= 11 is 0. The van der Waals surface area contributed by atoms with Crippen LogP contribution in [0.3, 0.4) is 0 Å². The van der Waals surface area contributed by atoms with Crippen LogP contribution in [-0.2, 0) is 4.79 Å². The van der Waals surface area contributed by atoms with Crippen LogP contribution >= 0.6 is 0 Å². The van der Waals surface area contributed by atoms with Crippen LogP contribution < -0.4 is 5.32 Å². The van der Waals surface area contributed by atoms with Crippen molar-refractivity contribution in [2.45, 2.75) is 33.2 Å². The van der Waals surface area contributed by atoms with Gasteiger partial charge in [0.05, 0.1) is 0 Å². The molecular formula is C15H20N2O2. The molecule has 1 aliphatic rings. The number of piperazine rings is 1. The summed E-state index contributed by atoms with van der Waals surface area (Å²) in [4.78, 5) is 26.0. The minimum atomic E-state index is -0.345. The summed E-state index contributed by atoms with van der Waals surface area (Å²) in [5, 5.41) is 2.81. The molecule has 2 rings (SSSR count). The van der Waals surface area contributed by atoms with Crippen molar-refractivity contribution in [1.29, 1.82) is 0 Å². The Labute approximate surface area is 113 Å². The number of amides is 2. The molecule has 4 heteroatoms. The third-order valence-electron chi connectivity index (χ3n) is 3.73. The van der Waals surface area contributed by atoms with E-state index in [1.54, 1.807) is 4.90 Å². The number of aryl methyl sites for hydroxylation is 2. The van der Waals surface area contributed by atoms with Crippen molar-refractivity contribution in [3.05, 3.63) is 34.9 Å². The molecule has 4 nitrogen and oxygen atoms in total. The maximum absolute atomic E-state index is 12.5. The molecule has 0 bridgehead atoms. The molecule has 0 radical (unpaired) electrons. The predicted molar refractivity (Wildman–Crippen MR) is 74.0 cm³/mol. The molecule has 2 amide bonds. The monoisotopic (exact) mass is 260 g/mol. The Hall–Kier alpha value is -1.84. The van der Waals surface area contributed by atoms with Crippen molar-refractivity contribution in [2.75, 3.05) is 13.1 Å². The highest BCUT2D eigenvalue weighted by Gasteiger charge is 2.31. The van der Waals surface area contributed by atoms with E-state index in [4.69, 9.17) is 0 Å². The molecule has 1 fully saturated rings. The standard InChI is InChI=1S/C15H20N2O2/c1-4-13-14(18)16-7-8-17(13)15(19)12-6-5-10(2)11(3)9-12/h5-6,9,13H,4,7-8H2,1-3H3,(H,16,18)/t13-/m0/s1. The number of benzene rings is 1. The van der Waals surface area contributed by atoms with E-state index < -0.39 is 0 Å². The molecule has 0 aliphatic carbocycles. The summed E-state index contributed by atoms with van der Waals surface area (Å²) in [6.45, 7) is 7.05. The van der Waals surface area contributed by atoms with Crippen LogP contribution in [0.5, 0.6) is 0 Å². The third kappa shape index (κ3) is 2.62. The second-order valence-electron chi connectivity index (χ2n) is 5.01. The first-order chi connectivity index (χ1) is 9.04. The zero-order chi connectivity index (χ0) is 14.0. The van der Waals surface area contributed by atoms with Gasteiger partial charge < -0.3 is 10.2 Å². The van der Waals surface area contributed by atoms with Crippen LogP contribution in [0.4, 0.5) is 0 Å². The number of nitrogens with one attached hydrogen (secondary N) is 1. The fraction of sp³-hybridized carbons (Fsp3) is 0.467. The van der Waals surface area contributed by atoms with Gasteiger partial charge in [-0.3, -0.25) is 9.59 Å². The summed E-state index contributed by atoms with van der Waals surface area (Å²) < 4.78 is 0. The van der Waals surface area contributed by atoms with Crippen LogP contribution in [0.15, 0.2) is 18.2 Å². The average molecular weight is 260 g/mol. The SMILES string of the molecule is CC[C@H]1C(=O)NCCN1C(=O)c1ccc(C)c(C)c1. The maximum atomic E-state index is 12.5. The quantitative estimate of drug-likeness (QED) is 0.879. The topological polar surface area (TPSA) is 49.4 Å². The van der Waals surface area contributed by atoms with E-state index in [2.05, 4.69) is 5.32 Å². The van der Waals surface area contributed by atoms with Gasteiger partial charge in [0.2, 0.25) is 5.91 Å². The van der Waals surface area contributed by atoms with Gasteiger partial charge in [-0.25, -0.2) is 0 Å². The fourth-order valence-corrected chi connectivity index (χ4v) is 2.40. The van der Waals surface area contributed by atoms with Crippen molar-refractivity contribution < 1.29 is 9.59 Å². The molecule has 1 saturated heterocycles. The summed E-state index contributed by atoms with van der Waals surface area (Å²) in [6, 6.07) is 5.34. The third-order valence-corrected chi connectivity index (χ3v) is 3.73. The highest BCUT2D eigenvalue weighted by atomic mass is 16.2. The molecule has 1 aliphatic heterocycles. The van der Waals surface area contributed by atoms with Gasteiger partial charge in [0.25, 0.3) is 5.91 Å². The van der Waals surface area contributed by atoms with E-state index >= 15 is 0 Å². The smallest absolute Gasteiger partial charge is 0.254 e. The van der Waals surface area contributed by atoms with Gasteiger partial charge in [-0.2, -0.15) is 0 Å². The van der Waals surface area contributed by atoms with Gasteiger partial charge in [-0.1, -0.05) is 13.0 Å². The first-order valence-corrected chi connectivity index (χ1v) is 6.70. The van der Waals surface area contributed by atoms with E-state index in [0.717, 1.165) is 5.56 Å². The van der Waals surface area contributed by atoms with Crippen molar-refractivity contribution in [3.63, 3.8) is 0 Å². The van der Waals surface area contributed by atoms with Gasteiger partial charge in [0.1, 0.15) is 6.04 Å². The van der Waals surface area contributed by atoms with E-state index in [-0.39, 0.29) is 17.9 Å². The van der Waals surface area contributed by atoms with Crippen molar-refractivity contribution in [1.82, 2.24) is 10.2 Å². The summed E-state index contributed by atoms with van der Waals surface area (Å²) in [7, 11) is 0. The number of hydrogen-bond acceptors (Lipinski definition) is 2. The second-order valence-corrected chi connectivity index (χ2v) is 5.01. The predicted octanol–water partition coefficient (Wildman–Crippen LogP) is 1.65. The zero-order valence-corrected chi connectivity index (χ0v) is 11.7. The molecule has 19 heavy (non-hydrogen) atoms. The van der Waals surface area contributed by atoms with Gasteiger partial charge in [-0.15, -0.1) is 0 Å². The highest BCUT2D eigenvalue weighted by Crippen LogP contribution is 2.16. The summed E-state index contributed by atoms with van der Waals surface area (Å²) in [5.74, 6) is -0.101. The fourth-order valence-electron chi connectivity index (χ4n) is 2.40. The summed E-state index contributed by atoms with van der Waals surface area (Å²) in [5.41, 5.74) is 2.93. The summed E-state index contributed by atoms with van der Waals surface area (Å²) in [6.07, 6.45) is 0.641. The van der Waals surface area contributed by atoms with Gasteiger partial charge >= 0.3 is 0 Å². The molecule has 1 aromatic rings. The Morgan fingerprint density at radius 1 is 1.37 bits per heavy atom. The first-order valence-electron chi connectivity index (χ1n) is 6.70. The Kier molecular flexibility index (Phi) is 3.88. The van der Waals surface area contributed by atoms with E-state index in [1.165, 1.54) is 5.56 Å². The highest BCUT2D eigenvalue weighted by molar-refractivity contribution is 5.98. The lowest BCUT2D eigenvalue weighted by Gasteiger charge is -2.34. The average Bonchev–Trinajstić information content (AvgIpc) is 2.40. The molecule has 0 aromatic heterocycles. The van der Waals surface area contributed by atoms with Gasteiger partial charge in [-0.05, 0) is 43.5 Å². The second kappa shape index (κ2) is 5.43. The normalized spacial score (nSPS) is 19.2. The van der Waals surface area contributed by atoms with Crippen LogP contribution in [0.25, 0.3) is 0 Å². The first kappa shape index (κ1) is 13.6. The molecule has 1 atom stereocenters. The lowest BCUT2D eigenvalue weighted by molar-refractivity contribution is -0.127. The van der Waals surface area contributed by atoms with E-state index in [9.17, 15) is 9.59 Å². The minimum Gasteiger partial charge on any atom is -0.353 e. The maximum Gasteiger partial charge on any atom is 0.254 e. The molecule has 102 valence electrons. The molecule has 1 N–H and O–H groups in total. The largest absolute Gasteiger partial charge is 0.353 e. The number of carbonyl (C=O) groups is 2. The van der Waals surface area contributed by atoms with Crippen molar-refractivity contribution in [3.8, 4) is 0 Å². The lowest BCUT2D eigenvalue weighted by atomic mass is 10.0. The van der Waals surface area contributed by atoms with Crippen LogP contribution in [0.2, 0.25) is 0 Å². The van der Waals surface area contributed by atoms with Crippen LogP contribution in [-0.4, -0.2) is 35.8 Å². The number of nitrogens with zero attached hydrogens (tertiary/aromatic N) is 1. The number of rotatable bonds is 2. The Bertz CT molecular complexity index is 511. The van der Waals surface area contributed by atoms with Gasteiger partial charge in [0.15, 0.2) is 0 Å². The molecule has 0 spiro atoms. The van der Waals surface area contributed by atoms with Gasteiger partial charge in [0, 0.05) is 18.7 Å². The molecule has 0 saturated carbocycles. The molecular weight excluding hydrogens is 240 g/mol. The molecule has 1 heterocycles. The van der Waals surface area contributed by atoms with Crippen LogP contribution in [0.1, 0.15) is 34.8 Å². The zero-order valence-electron chi connectivity index (χ0n) is 11.7. The Balaban J connectivity index is 2.26. The molecule has 0 unspecified atom stereocenters. The molecule has 1 aromatic carbocycles. The minimum absolute atomic E-state index is 0.0501. The van der Waals surface area contributed by atoms with Crippen LogP contribution in [0, 0.1) is 13.8 Å². The number of carbonyl (C=O) groups excluding carboxylic acids is 2. The van der Waals surface area contributed by atoms with E-state index in [0.29, 0.717) is 25.1 Å². The lowest BCUT2D eigenvalue weighted by Crippen LogP contribution is -2.56. The Morgan fingerprint density at radius 3 is 2.74 bits per heavy atom. The van der Waals surface area contributed by atoms with Crippen molar-refractivity contribution in [2.24, 2.45) is 0 Å².